The Morgan fingerprint density at radius 1 is 1.21 bits per heavy atom. The molecule has 1 aromatic carbocycles. The minimum absolute atomic E-state index is 0.274. The molecule has 76 valence electrons. The molecule has 0 aliphatic carbocycles. The average molecular weight is 196 g/mol. The third-order valence-electron chi connectivity index (χ3n) is 2.11. The molecule has 2 rings (SSSR count). The molecule has 0 unspecified atom stereocenters. The van der Waals surface area contributed by atoms with Crippen LogP contribution in [0, 0.1) is 0 Å². The second-order valence-electron chi connectivity index (χ2n) is 2.93. The van der Waals surface area contributed by atoms with Crippen LogP contribution in [0.3, 0.4) is 0 Å². The van der Waals surface area contributed by atoms with Gasteiger partial charge in [0.25, 0.3) is 0 Å². The second-order valence-corrected chi connectivity index (χ2v) is 2.93. The van der Waals surface area contributed by atoms with Crippen molar-refractivity contribution in [3.63, 3.8) is 0 Å². The number of ether oxygens (including phenoxy) is 4. The fourth-order valence-electron chi connectivity index (χ4n) is 1.42. The lowest BCUT2D eigenvalue weighted by Crippen LogP contribution is -2.12. The second kappa shape index (κ2) is 3.75. The Hall–Kier alpha value is -1.42. The summed E-state index contributed by atoms with van der Waals surface area (Å²) in [7, 11) is 3.22. The van der Waals surface area contributed by atoms with Crippen LogP contribution < -0.4 is 14.2 Å². The van der Waals surface area contributed by atoms with Gasteiger partial charge in [0.05, 0.1) is 20.8 Å². The van der Waals surface area contributed by atoms with Gasteiger partial charge < -0.3 is 18.9 Å². The van der Waals surface area contributed by atoms with Gasteiger partial charge in [0.15, 0.2) is 18.3 Å². The first-order valence-corrected chi connectivity index (χ1v) is 4.30. The fourth-order valence-corrected chi connectivity index (χ4v) is 1.42. The van der Waals surface area contributed by atoms with Crippen molar-refractivity contribution in [3.8, 4) is 17.2 Å². The van der Waals surface area contributed by atoms with E-state index >= 15 is 0 Å². The summed E-state index contributed by atoms with van der Waals surface area (Å²) in [6.45, 7) is 0.804. The Balaban J connectivity index is 2.47. The Labute approximate surface area is 82.3 Å². The highest BCUT2D eigenvalue weighted by atomic mass is 16.7. The van der Waals surface area contributed by atoms with Crippen molar-refractivity contribution in [1.29, 1.82) is 0 Å². The lowest BCUT2D eigenvalue weighted by atomic mass is 10.1. The third kappa shape index (κ3) is 1.48. The van der Waals surface area contributed by atoms with Crippen molar-refractivity contribution < 1.29 is 18.9 Å². The summed E-state index contributed by atoms with van der Waals surface area (Å²) in [5.74, 6) is 2.18. The number of methoxy groups -OCH3 is 2. The average Bonchev–Trinajstić information content (AvgIpc) is 2.27. The highest BCUT2D eigenvalue weighted by molar-refractivity contribution is 5.52. The highest BCUT2D eigenvalue weighted by Crippen LogP contribution is 2.37. The van der Waals surface area contributed by atoms with Gasteiger partial charge in [0.1, 0.15) is 5.75 Å². The molecule has 14 heavy (non-hydrogen) atoms. The van der Waals surface area contributed by atoms with E-state index in [1.165, 1.54) is 0 Å². The zero-order chi connectivity index (χ0) is 9.97. The van der Waals surface area contributed by atoms with Crippen LogP contribution in [0.25, 0.3) is 0 Å². The van der Waals surface area contributed by atoms with Gasteiger partial charge in [-0.15, -0.1) is 0 Å². The summed E-state index contributed by atoms with van der Waals surface area (Å²) in [6.07, 6.45) is 0. The highest BCUT2D eigenvalue weighted by Gasteiger charge is 2.17. The van der Waals surface area contributed by atoms with Crippen LogP contribution in [0.5, 0.6) is 17.2 Å². The molecule has 0 saturated heterocycles. The molecular weight excluding hydrogens is 184 g/mol. The quantitative estimate of drug-likeness (QED) is 0.719. The molecule has 0 spiro atoms. The van der Waals surface area contributed by atoms with Crippen molar-refractivity contribution in [1.82, 2.24) is 0 Å². The third-order valence-corrected chi connectivity index (χ3v) is 2.11. The number of fused-ring (bicyclic) bond motifs is 1. The molecular formula is C10H12O4. The summed E-state index contributed by atoms with van der Waals surface area (Å²) in [6, 6.07) is 3.68. The minimum Gasteiger partial charge on any atom is -0.497 e. The van der Waals surface area contributed by atoms with E-state index in [2.05, 4.69) is 0 Å². The molecule has 0 radical (unpaired) electrons. The molecule has 0 aromatic heterocycles. The standard InChI is InChI=1S/C10H12O4/c1-11-8-3-7-5-13-6-14-10(7)9(4-8)12-2/h3-4H,5-6H2,1-2H3. The van der Waals surface area contributed by atoms with Crippen molar-refractivity contribution in [2.24, 2.45) is 0 Å². The van der Waals surface area contributed by atoms with Gasteiger partial charge in [-0.2, -0.15) is 0 Å². The van der Waals surface area contributed by atoms with Gasteiger partial charge in [-0.1, -0.05) is 0 Å². The Kier molecular flexibility index (Phi) is 2.45. The van der Waals surface area contributed by atoms with Crippen LogP contribution in [0.2, 0.25) is 0 Å². The van der Waals surface area contributed by atoms with Crippen LogP contribution in [0.4, 0.5) is 0 Å². The number of benzene rings is 1. The molecule has 0 amide bonds. The monoisotopic (exact) mass is 196 g/mol. The van der Waals surface area contributed by atoms with Gasteiger partial charge in [-0.05, 0) is 6.07 Å². The van der Waals surface area contributed by atoms with Crippen molar-refractivity contribution in [3.05, 3.63) is 17.7 Å². The summed E-state index contributed by atoms with van der Waals surface area (Å²) in [5, 5.41) is 0. The molecule has 0 saturated carbocycles. The smallest absolute Gasteiger partial charge is 0.189 e. The van der Waals surface area contributed by atoms with E-state index in [-0.39, 0.29) is 6.79 Å². The van der Waals surface area contributed by atoms with E-state index in [0.717, 1.165) is 17.1 Å². The molecule has 1 aliphatic rings. The zero-order valence-corrected chi connectivity index (χ0v) is 8.20. The van der Waals surface area contributed by atoms with E-state index in [1.807, 2.05) is 6.07 Å². The topological polar surface area (TPSA) is 36.9 Å². The molecule has 4 nitrogen and oxygen atoms in total. The van der Waals surface area contributed by atoms with E-state index in [1.54, 1.807) is 20.3 Å². The minimum atomic E-state index is 0.274. The van der Waals surface area contributed by atoms with Gasteiger partial charge in [-0.25, -0.2) is 0 Å². The van der Waals surface area contributed by atoms with Gasteiger partial charge in [0.2, 0.25) is 0 Å². The molecule has 0 atom stereocenters. The van der Waals surface area contributed by atoms with Crippen LogP contribution >= 0.6 is 0 Å². The molecule has 1 aromatic rings. The lowest BCUT2D eigenvalue weighted by Gasteiger charge is -2.20. The normalized spacial score (nSPS) is 14.1. The molecule has 1 aliphatic heterocycles. The molecule has 0 N–H and O–H groups in total. The Morgan fingerprint density at radius 3 is 2.79 bits per heavy atom. The fraction of sp³-hybridized carbons (Fsp3) is 0.400. The lowest BCUT2D eigenvalue weighted by molar-refractivity contribution is -0.0181. The van der Waals surface area contributed by atoms with Crippen molar-refractivity contribution >= 4 is 0 Å². The van der Waals surface area contributed by atoms with Crippen LogP contribution in [0.15, 0.2) is 12.1 Å². The molecule has 4 heteroatoms. The van der Waals surface area contributed by atoms with Crippen LogP contribution in [-0.2, 0) is 11.3 Å². The SMILES string of the molecule is COc1cc2c(c(OC)c1)OCOC2. The Bertz CT molecular complexity index is 318. The summed E-state index contributed by atoms with van der Waals surface area (Å²) in [5.41, 5.74) is 0.951. The maximum Gasteiger partial charge on any atom is 0.189 e. The first kappa shape index (κ1) is 9.15. The van der Waals surface area contributed by atoms with Crippen molar-refractivity contribution in [2.45, 2.75) is 6.61 Å². The van der Waals surface area contributed by atoms with E-state index in [0.29, 0.717) is 12.4 Å². The Morgan fingerprint density at radius 2 is 2.07 bits per heavy atom. The predicted octanol–water partition coefficient (Wildman–Crippen LogP) is 1.57. The summed E-state index contributed by atoms with van der Waals surface area (Å²) in [4.78, 5) is 0. The number of hydrogen-bond acceptors (Lipinski definition) is 4. The van der Waals surface area contributed by atoms with Gasteiger partial charge >= 0.3 is 0 Å². The van der Waals surface area contributed by atoms with Crippen molar-refractivity contribution in [2.75, 3.05) is 21.0 Å². The van der Waals surface area contributed by atoms with E-state index in [4.69, 9.17) is 18.9 Å². The maximum absolute atomic E-state index is 5.34. The summed E-state index contributed by atoms with van der Waals surface area (Å²) < 4.78 is 20.8. The predicted molar refractivity (Wildman–Crippen MR) is 49.8 cm³/mol. The number of rotatable bonds is 2. The van der Waals surface area contributed by atoms with E-state index < -0.39 is 0 Å². The van der Waals surface area contributed by atoms with Crippen LogP contribution in [0.1, 0.15) is 5.56 Å². The first-order valence-electron chi connectivity index (χ1n) is 4.30. The van der Waals surface area contributed by atoms with Gasteiger partial charge in [-0.3, -0.25) is 0 Å². The zero-order valence-electron chi connectivity index (χ0n) is 8.20. The number of hydrogen-bond donors (Lipinski definition) is 0. The molecule has 0 bridgehead atoms. The molecule has 0 fully saturated rings. The van der Waals surface area contributed by atoms with Crippen LogP contribution in [-0.4, -0.2) is 21.0 Å². The van der Waals surface area contributed by atoms with Gasteiger partial charge in [0, 0.05) is 11.6 Å². The maximum atomic E-state index is 5.34. The first-order chi connectivity index (χ1) is 6.85. The largest absolute Gasteiger partial charge is 0.497 e. The van der Waals surface area contributed by atoms with E-state index in [9.17, 15) is 0 Å². The molecule has 1 heterocycles. The summed E-state index contributed by atoms with van der Waals surface area (Å²) >= 11 is 0.